The first-order chi connectivity index (χ1) is 7.97. The van der Waals surface area contributed by atoms with Crippen molar-refractivity contribution >= 4 is 5.91 Å². The van der Waals surface area contributed by atoms with Gasteiger partial charge in [-0.25, -0.2) is 5.01 Å². The number of carbonyl (C=O) groups is 1. The molecule has 1 aliphatic carbocycles. The predicted molar refractivity (Wildman–Crippen MR) is 69.2 cm³/mol. The van der Waals surface area contributed by atoms with E-state index >= 15 is 0 Å². The van der Waals surface area contributed by atoms with Gasteiger partial charge in [-0.1, -0.05) is 40.0 Å². The van der Waals surface area contributed by atoms with E-state index in [-0.39, 0.29) is 11.3 Å². The first kappa shape index (κ1) is 12.9. The number of fused-ring (bicyclic) bond motifs is 1. The number of hydrogen-bond acceptors (Lipinski definition) is 2. The van der Waals surface area contributed by atoms with Crippen molar-refractivity contribution < 1.29 is 4.79 Å². The van der Waals surface area contributed by atoms with Gasteiger partial charge in [-0.15, -0.1) is 0 Å². The molecule has 2 atom stereocenters. The van der Waals surface area contributed by atoms with Gasteiger partial charge in [0.15, 0.2) is 0 Å². The Kier molecular flexibility index (Phi) is 3.76. The van der Waals surface area contributed by atoms with E-state index in [9.17, 15) is 4.79 Å². The number of hydrazine groups is 1. The molecule has 1 saturated heterocycles. The minimum absolute atomic E-state index is 0.145. The van der Waals surface area contributed by atoms with E-state index in [4.69, 9.17) is 0 Å². The summed E-state index contributed by atoms with van der Waals surface area (Å²) in [7, 11) is 0. The van der Waals surface area contributed by atoms with Crippen molar-refractivity contribution in [2.24, 2.45) is 17.3 Å². The molecule has 1 N–H and O–H groups in total. The average Bonchev–Trinajstić information content (AvgIpc) is 2.27. The van der Waals surface area contributed by atoms with Gasteiger partial charge in [0, 0.05) is 18.5 Å². The van der Waals surface area contributed by atoms with Crippen LogP contribution in [-0.4, -0.2) is 24.0 Å². The van der Waals surface area contributed by atoms with E-state index < -0.39 is 0 Å². The van der Waals surface area contributed by atoms with Crippen molar-refractivity contribution in [2.45, 2.75) is 52.9 Å². The molecule has 1 amide bonds. The van der Waals surface area contributed by atoms with Gasteiger partial charge in [0.1, 0.15) is 0 Å². The van der Waals surface area contributed by atoms with Crippen LogP contribution in [0.2, 0.25) is 0 Å². The summed E-state index contributed by atoms with van der Waals surface area (Å²) in [4.78, 5) is 11.9. The van der Waals surface area contributed by atoms with Crippen LogP contribution < -0.4 is 5.43 Å². The molecule has 2 fully saturated rings. The Morgan fingerprint density at radius 3 is 2.41 bits per heavy atom. The molecule has 0 unspecified atom stereocenters. The summed E-state index contributed by atoms with van der Waals surface area (Å²) in [6.45, 7) is 8.00. The Labute approximate surface area is 105 Å². The molecule has 0 aromatic carbocycles. The highest BCUT2D eigenvalue weighted by molar-refractivity contribution is 5.80. The first-order valence-corrected chi connectivity index (χ1v) is 7.03. The molecule has 3 heteroatoms. The van der Waals surface area contributed by atoms with Crippen LogP contribution in [0, 0.1) is 17.3 Å². The highest BCUT2D eigenvalue weighted by Crippen LogP contribution is 2.35. The van der Waals surface area contributed by atoms with E-state index in [0.29, 0.717) is 0 Å². The maximum Gasteiger partial charge on any atom is 0.239 e. The fourth-order valence-electron chi connectivity index (χ4n) is 3.01. The summed E-state index contributed by atoms with van der Waals surface area (Å²) in [6.07, 6.45) is 6.81. The van der Waals surface area contributed by atoms with Crippen molar-refractivity contribution in [3.05, 3.63) is 0 Å². The number of nitrogens with zero attached hydrogens (tertiary/aromatic N) is 1. The zero-order valence-electron chi connectivity index (χ0n) is 11.5. The summed E-state index contributed by atoms with van der Waals surface area (Å²) < 4.78 is 0. The topological polar surface area (TPSA) is 32.3 Å². The normalized spacial score (nSPS) is 30.8. The molecule has 17 heavy (non-hydrogen) atoms. The van der Waals surface area contributed by atoms with Gasteiger partial charge in [-0.05, 0) is 24.7 Å². The zero-order valence-corrected chi connectivity index (χ0v) is 11.5. The highest BCUT2D eigenvalue weighted by atomic mass is 16.2. The second-order valence-corrected chi connectivity index (χ2v) is 6.73. The summed E-state index contributed by atoms with van der Waals surface area (Å²) in [5.74, 6) is 1.89. The summed E-state index contributed by atoms with van der Waals surface area (Å²) in [5, 5.41) is 2.15. The Balaban J connectivity index is 1.86. The van der Waals surface area contributed by atoms with Gasteiger partial charge in [-0.3, -0.25) is 10.2 Å². The number of hydrogen-bond donors (Lipinski definition) is 1. The molecule has 2 rings (SSSR count). The third-order valence-corrected chi connectivity index (χ3v) is 4.23. The second-order valence-electron chi connectivity index (χ2n) is 6.73. The van der Waals surface area contributed by atoms with E-state index in [0.717, 1.165) is 24.9 Å². The zero-order chi connectivity index (χ0) is 12.5. The second kappa shape index (κ2) is 4.97. The van der Waals surface area contributed by atoms with Gasteiger partial charge in [0.25, 0.3) is 0 Å². The molecule has 0 bridgehead atoms. The quantitative estimate of drug-likeness (QED) is 0.761. The monoisotopic (exact) mass is 238 g/mol. The van der Waals surface area contributed by atoms with Gasteiger partial charge in [-0.2, -0.15) is 0 Å². The smallest absolute Gasteiger partial charge is 0.239 e. The molecule has 2 aliphatic rings. The minimum Gasteiger partial charge on any atom is -0.288 e. The van der Waals surface area contributed by atoms with Crippen molar-refractivity contribution in [1.29, 1.82) is 0 Å². The Hall–Kier alpha value is -0.570. The molecule has 98 valence electrons. The van der Waals surface area contributed by atoms with E-state index in [1.807, 2.05) is 20.8 Å². The van der Waals surface area contributed by atoms with Crippen LogP contribution in [0.15, 0.2) is 0 Å². The van der Waals surface area contributed by atoms with Gasteiger partial charge >= 0.3 is 0 Å². The van der Waals surface area contributed by atoms with Crippen LogP contribution in [0.3, 0.4) is 0 Å². The third kappa shape index (κ3) is 3.21. The fourth-order valence-corrected chi connectivity index (χ4v) is 3.01. The molecular formula is C14H26N2O. The van der Waals surface area contributed by atoms with Crippen LogP contribution >= 0.6 is 0 Å². The van der Waals surface area contributed by atoms with Gasteiger partial charge in [0.2, 0.25) is 5.91 Å². The van der Waals surface area contributed by atoms with Gasteiger partial charge in [0.05, 0.1) is 0 Å². The summed E-state index contributed by atoms with van der Waals surface area (Å²) >= 11 is 0. The Morgan fingerprint density at radius 2 is 1.76 bits per heavy atom. The third-order valence-electron chi connectivity index (χ3n) is 4.23. The molecule has 3 nitrogen and oxygen atoms in total. The standard InChI is InChI=1S/C14H26N2O/c1-14(2,3)13(17)15-16-9-8-11-6-4-5-7-12(11)10-16/h11-12H,4-10H2,1-3H3,(H,15,17)/t11-,12+/m1/s1. The lowest BCUT2D eigenvalue weighted by atomic mass is 9.75. The summed E-state index contributed by atoms with van der Waals surface area (Å²) in [6, 6.07) is 0. The SMILES string of the molecule is CC(C)(C)C(=O)NN1CC[C@H]2CCCC[C@H]2C1. The predicted octanol–water partition coefficient (Wildman–Crippen LogP) is 2.58. The van der Waals surface area contributed by atoms with Crippen LogP contribution in [0.5, 0.6) is 0 Å². The fraction of sp³-hybridized carbons (Fsp3) is 0.929. The molecule has 0 aromatic rings. The summed E-state index contributed by atoms with van der Waals surface area (Å²) in [5.41, 5.74) is 2.80. The highest BCUT2D eigenvalue weighted by Gasteiger charge is 2.32. The molecule has 0 spiro atoms. The van der Waals surface area contributed by atoms with Crippen LogP contribution in [0.4, 0.5) is 0 Å². The largest absolute Gasteiger partial charge is 0.288 e. The van der Waals surface area contributed by atoms with Crippen molar-refractivity contribution in [3.63, 3.8) is 0 Å². The van der Waals surface area contributed by atoms with Crippen molar-refractivity contribution in [3.8, 4) is 0 Å². The lowest BCUT2D eigenvalue weighted by Crippen LogP contribution is -2.53. The Morgan fingerprint density at radius 1 is 1.12 bits per heavy atom. The molecule has 1 aliphatic heterocycles. The van der Waals surface area contributed by atoms with Crippen LogP contribution in [0.1, 0.15) is 52.9 Å². The Bertz CT molecular complexity index is 282. The number of rotatable bonds is 1. The van der Waals surface area contributed by atoms with Crippen LogP contribution in [-0.2, 0) is 4.79 Å². The maximum absolute atomic E-state index is 11.9. The molecule has 1 saturated carbocycles. The molecular weight excluding hydrogens is 212 g/mol. The van der Waals surface area contributed by atoms with Crippen molar-refractivity contribution in [1.82, 2.24) is 10.4 Å². The number of nitrogens with one attached hydrogen (secondary N) is 1. The molecule has 0 aromatic heterocycles. The first-order valence-electron chi connectivity index (χ1n) is 7.03. The lowest BCUT2D eigenvalue weighted by Gasteiger charge is -2.41. The number of piperidine rings is 1. The van der Waals surface area contributed by atoms with E-state index in [1.165, 1.54) is 32.1 Å². The minimum atomic E-state index is -0.288. The van der Waals surface area contributed by atoms with Crippen LogP contribution in [0.25, 0.3) is 0 Å². The number of amides is 1. The van der Waals surface area contributed by atoms with Crippen molar-refractivity contribution in [2.75, 3.05) is 13.1 Å². The molecule has 0 radical (unpaired) electrons. The van der Waals surface area contributed by atoms with E-state index in [2.05, 4.69) is 10.4 Å². The van der Waals surface area contributed by atoms with E-state index in [1.54, 1.807) is 0 Å². The molecule has 1 heterocycles. The maximum atomic E-state index is 11.9. The average molecular weight is 238 g/mol. The van der Waals surface area contributed by atoms with Gasteiger partial charge < -0.3 is 0 Å². The lowest BCUT2D eigenvalue weighted by molar-refractivity contribution is -0.135. The number of carbonyl (C=O) groups excluding carboxylic acids is 1.